The summed E-state index contributed by atoms with van der Waals surface area (Å²) in [4.78, 5) is 5.36. The maximum absolute atomic E-state index is 6.34. The summed E-state index contributed by atoms with van der Waals surface area (Å²) in [5, 5.41) is 1.10. The molecule has 2 rings (SSSR count). The average molecular weight is 313 g/mol. The summed E-state index contributed by atoms with van der Waals surface area (Å²) >= 11 is 7.78. The van der Waals surface area contributed by atoms with E-state index in [9.17, 15) is 0 Å². The summed E-state index contributed by atoms with van der Waals surface area (Å²) in [7, 11) is 0. The highest BCUT2D eigenvalue weighted by Crippen LogP contribution is 2.40. The van der Waals surface area contributed by atoms with Crippen molar-refractivity contribution in [2.45, 2.75) is 20.8 Å². The van der Waals surface area contributed by atoms with Crippen LogP contribution in [0.25, 0.3) is 11.3 Å². The van der Waals surface area contributed by atoms with Gasteiger partial charge in [0.05, 0.1) is 23.9 Å². The van der Waals surface area contributed by atoms with Crippen molar-refractivity contribution >= 4 is 28.1 Å². The fraction of sp³-hybridized carbons (Fsp3) is 0.357. The predicted molar refractivity (Wildman–Crippen MR) is 84.0 cm³/mol. The largest absolute Gasteiger partial charge is 0.490 e. The minimum absolute atomic E-state index is 0.528. The molecule has 0 bridgehead atoms. The van der Waals surface area contributed by atoms with Crippen LogP contribution in [-0.2, 0) is 0 Å². The van der Waals surface area contributed by atoms with Crippen LogP contribution < -0.4 is 15.2 Å². The van der Waals surface area contributed by atoms with Crippen LogP contribution in [0.2, 0.25) is 5.02 Å². The maximum Gasteiger partial charge on any atom is 0.180 e. The van der Waals surface area contributed by atoms with Crippen molar-refractivity contribution in [3.8, 4) is 22.8 Å². The zero-order valence-electron chi connectivity index (χ0n) is 11.7. The van der Waals surface area contributed by atoms with Crippen molar-refractivity contribution in [1.29, 1.82) is 0 Å². The molecule has 20 heavy (non-hydrogen) atoms. The van der Waals surface area contributed by atoms with E-state index in [4.69, 9.17) is 26.8 Å². The van der Waals surface area contributed by atoms with E-state index < -0.39 is 0 Å². The molecule has 0 radical (unpaired) electrons. The molecule has 0 amide bonds. The van der Waals surface area contributed by atoms with Gasteiger partial charge < -0.3 is 15.2 Å². The van der Waals surface area contributed by atoms with Crippen LogP contribution in [0.5, 0.6) is 11.5 Å². The SMILES string of the molecule is CCOc1cc(Cl)c(-c2nc(N)sc2C)cc1OCC. The molecule has 2 aromatic rings. The highest BCUT2D eigenvalue weighted by molar-refractivity contribution is 7.15. The summed E-state index contributed by atoms with van der Waals surface area (Å²) < 4.78 is 11.2. The molecule has 4 nitrogen and oxygen atoms in total. The number of nitrogens with zero attached hydrogens (tertiary/aromatic N) is 1. The van der Waals surface area contributed by atoms with Gasteiger partial charge in [0, 0.05) is 16.5 Å². The van der Waals surface area contributed by atoms with Gasteiger partial charge in [0.2, 0.25) is 0 Å². The van der Waals surface area contributed by atoms with Crippen LogP contribution >= 0.6 is 22.9 Å². The smallest absolute Gasteiger partial charge is 0.180 e. The first-order valence-electron chi connectivity index (χ1n) is 6.39. The summed E-state index contributed by atoms with van der Waals surface area (Å²) in [6.07, 6.45) is 0. The number of aryl methyl sites for hydroxylation is 1. The molecule has 2 N–H and O–H groups in total. The molecule has 108 valence electrons. The Balaban J connectivity index is 2.53. The van der Waals surface area contributed by atoms with Gasteiger partial charge in [-0.15, -0.1) is 11.3 Å². The summed E-state index contributed by atoms with van der Waals surface area (Å²) in [5.74, 6) is 1.31. The second-order valence-electron chi connectivity index (χ2n) is 4.10. The molecule has 0 saturated heterocycles. The van der Waals surface area contributed by atoms with E-state index in [1.807, 2.05) is 26.8 Å². The molecule has 0 atom stereocenters. The molecular weight excluding hydrogens is 296 g/mol. The van der Waals surface area contributed by atoms with Crippen molar-refractivity contribution in [2.24, 2.45) is 0 Å². The quantitative estimate of drug-likeness (QED) is 0.901. The Hall–Kier alpha value is -1.46. The second kappa shape index (κ2) is 6.33. The molecule has 0 aliphatic rings. The van der Waals surface area contributed by atoms with Gasteiger partial charge in [0.1, 0.15) is 0 Å². The van der Waals surface area contributed by atoms with E-state index in [1.54, 1.807) is 6.07 Å². The van der Waals surface area contributed by atoms with Crippen molar-refractivity contribution < 1.29 is 9.47 Å². The Bertz CT molecular complexity index is 613. The van der Waals surface area contributed by atoms with E-state index in [2.05, 4.69) is 4.98 Å². The number of hydrogen-bond donors (Lipinski definition) is 1. The van der Waals surface area contributed by atoms with Gasteiger partial charge in [-0.1, -0.05) is 11.6 Å². The molecule has 1 heterocycles. The van der Waals surface area contributed by atoms with Crippen LogP contribution in [0.1, 0.15) is 18.7 Å². The van der Waals surface area contributed by atoms with Gasteiger partial charge in [-0.05, 0) is 26.8 Å². The average Bonchev–Trinajstić information content (AvgIpc) is 2.72. The van der Waals surface area contributed by atoms with Crippen LogP contribution in [-0.4, -0.2) is 18.2 Å². The molecule has 0 saturated carbocycles. The first-order chi connectivity index (χ1) is 9.56. The fourth-order valence-electron chi connectivity index (χ4n) is 1.92. The number of halogens is 1. The number of anilines is 1. The third kappa shape index (κ3) is 2.99. The lowest BCUT2D eigenvalue weighted by Crippen LogP contribution is -1.99. The first kappa shape index (κ1) is 14.9. The second-order valence-corrected chi connectivity index (χ2v) is 5.74. The lowest BCUT2D eigenvalue weighted by atomic mass is 10.1. The van der Waals surface area contributed by atoms with Gasteiger partial charge in [0.15, 0.2) is 16.6 Å². The summed E-state index contributed by atoms with van der Waals surface area (Å²) in [6, 6.07) is 3.62. The molecule has 0 unspecified atom stereocenters. The third-order valence-corrected chi connectivity index (χ3v) is 3.81. The minimum atomic E-state index is 0.528. The molecule has 1 aromatic heterocycles. The van der Waals surface area contributed by atoms with Gasteiger partial charge in [-0.2, -0.15) is 0 Å². The highest BCUT2D eigenvalue weighted by atomic mass is 35.5. The zero-order chi connectivity index (χ0) is 14.7. The first-order valence-corrected chi connectivity index (χ1v) is 7.58. The molecule has 0 spiro atoms. The van der Waals surface area contributed by atoms with Gasteiger partial charge in [0.25, 0.3) is 0 Å². The van der Waals surface area contributed by atoms with E-state index in [-0.39, 0.29) is 0 Å². The topological polar surface area (TPSA) is 57.4 Å². The zero-order valence-corrected chi connectivity index (χ0v) is 13.3. The van der Waals surface area contributed by atoms with Crippen LogP contribution in [0.4, 0.5) is 5.13 Å². The Labute approximate surface area is 127 Å². The molecular formula is C14H17ClN2O2S. The standard InChI is InChI=1S/C14H17ClN2O2S/c1-4-18-11-6-9(10(15)7-12(11)19-5-2)13-8(3)20-14(16)17-13/h6-7H,4-5H2,1-3H3,(H2,16,17). The molecule has 0 fully saturated rings. The number of thiazole rings is 1. The normalized spacial score (nSPS) is 10.6. The molecule has 6 heteroatoms. The summed E-state index contributed by atoms with van der Waals surface area (Å²) in [5.41, 5.74) is 7.35. The molecule has 1 aromatic carbocycles. The number of rotatable bonds is 5. The predicted octanol–water partition coefficient (Wildman–Crippen LogP) is 4.15. The van der Waals surface area contributed by atoms with Crippen molar-refractivity contribution in [2.75, 3.05) is 18.9 Å². The van der Waals surface area contributed by atoms with E-state index in [0.717, 1.165) is 16.1 Å². The number of benzene rings is 1. The number of ether oxygens (including phenoxy) is 2. The van der Waals surface area contributed by atoms with E-state index in [1.165, 1.54) is 11.3 Å². The Morgan fingerprint density at radius 3 is 2.30 bits per heavy atom. The number of aromatic nitrogens is 1. The Morgan fingerprint density at radius 2 is 1.80 bits per heavy atom. The third-order valence-electron chi connectivity index (χ3n) is 2.70. The van der Waals surface area contributed by atoms with E-state index in [0.29, 0.717) is 34.9 Å². The van der Waals surface area contributed by atoms with Crippen molar-refractivity contribution in [3.63, 3.8) is 0 Å². The monoisotopic (exact) mass is 312 g/mol. The van der Waals surface area contributed by atoms with Crippen molar-refractivity contribution in [1.82, 2.24) is 4.98 Å². The van der Waals surface area contributed by atoms with Gasteiger partial charge in [-0.25, -0.2) is 4.98 Å². The highest BCUT2D eigenvalue weighted by Gasteiger charge is 2.16. The fourth-order valence-corrected chi connectivity index (χ4v) is 2.87. The molecule has 0 aliphatic carbocycles. The van der Waals surface area contributed by atoms with Crippen LogP contribution in [0.3, 0.4) is 0 Å². The van der Waals surface area contributed by atoms with E-state index >= 15 is 0 Å². The van der Waals surface area contributed by atoms with Gasteiger partial charge in [-0.3, -0.25) is 0 Å². The number of nitrogen functional groups attached to an aromatic ring is 1. The number of nitrogens with two attached hydrogens (primary N) is 1. The Kier molecular flexibility index (Phi) is 4.73. The minimum Gasteiger partial charge on any atom is -0.490 e. The van der Waals surface area contributed by atoms with Gasteiger partial charge >= 0.3 is 0 Å². The Morgan fingerprint density at radius 1 is 1.20 bits per heavy atom. The number of hydrogen-bond acceptors (Lipinski definition) is 5. The maximum atomic E-state index is 6.34. The lowest BCUT2D eigenvalue weighted by molar-refractivity contribution is 0.288. The van der Waals surface area contributed by atoms with Crippen LogP contribution in [0.15, 0.2) is 12.1 Å². The molecule has 0 aliphatic heterocycles. The van der Waals surface area contributed by atoms with Crippen molar-refractivity contribution in [3.05, 3.63) is 22.0 Å². The summed E-state index contributed by atoms with van der Waals surface area (Å²) in [6.45, 7) is 6.92. The lowest BCUT2D eigenvalue weighted by Gasteiger charge is -2.13. The van der Waals surface area contributed by atoms with Crippen LogP contribution in [0, 0.1) is 6.92 Å².